The molecule has 4 aromatic rings. The lowest BCUT2D eigenvalue weighted by molar-refractivity contribution is 0.0224. The monoisotopic (exact) mass is 447 g/mol. The van der Waals surface area contributed by atoms with Crippen LogP contribution in [0.4, 0.5) is 10.6 Å². The fourth-order valence-electron chi connectivity index (χ4n) is 4.23. The summed E-state index contributed by atoms with van der Waals surface area (Å²) in [6.07, 6.45) is 4.88. The lowest BCUT2D eigenvalue weighted by Crippen LogP contribution is -2.36. The molecule has 10 heteroatoms. The smallest absolute Gasteiger partial charge is 0.410 e. The maximum Gasteiger partial charge on any atom is 0.410 e. The SMILES string of the molecule is CC(C)(C)OC(=O)N1CCCC1c1cccc(-n2c(-c3nonc3N)nc3cnccc32)c1. The van der Waals surface area contributed by atoms with Gasteiger partial charge in [-0.25, -0.2) is 14.4 Å². The molecule has 33 heavy (non-hydrogen) atoms. The molecule has 1 amide bonds. The second-order valence-corrected chi connectivity index (χ2v) is 9.06. The predicted molar refractivity (Wildman–Crippen MR) is 121 cm³/mol. The van der Waals surface area contributed by atoms with E-state index in [4.69, 9.17) is 15.1 Å². The van der Waals surface area contributed by atoms with Crippen LogP contribution in [0.5, 0.6) is 0 Å². The minimum atomic E-state index is -0.545. The van der Waals surface area contributed by atoms with E-state index in [0.29, 0.717) is 23.6 Å². The molecule has 3 aromatic heterocycles. The van der Waals surface area contributed by atoms with E-state index in [9.17, 15) is 4.79 Å². The first-order valence-corrected chi connectivity index (χ1v) is 10.8. The van der Waals surface area contributed by atoms with Gasteiger partial charge in [0.25, 0.3) is 0 Å². The van der Waals surface area contributed by atoms with E-state index in [0.717, 1.165) is 29.6 Å². The number of fused-ring (bicyclic) bond motifs is 1. The Morgan fingerprint density at radius 3 is 2.85 bits per heavy atom. The highest BCUT2D eigenvalue weighted by Crippen LogP contribution is 2.36. The molecule has 1 aliphatic rings. The van der Waals surface area contributed by atoms with Crippen molar-refractivity contribution in [2.24, 2.45) is 0 Å². The molecule has 1 fully saturated rings. The Bertz CT molecular complexity index is 1320. The van der Waals surface area contributed by atoms with Gasteiger partial charge in [0.2, 0.25) is 0 Å². The number of benzene rings is 1. The second kappa shape index (κ2) is 7.88. The molecule has 0 aliphatic carbocycles. The van der Waals surface area contributed by atoms with Crippen LogP contribution in [-0.2, 0) is 4.74 Å². The van der Waals surface area contributed by atoms with Gasteiger partial charge in [0.15, 0.2) is 17.3 Å². The van der Waals surface area contributed by atoms with Crippen molar-refractivity contribution in [3.05, 3.63) is 48.3 Å². The molecule has 1 unspecified atom stereocenters. The van der Waals surface area contributed by atoms with Crippen molar-refractivity contribution < 1.29 is 14.2 Å². The summed E-state index contributed by atoms with van der Waals surface area (Å²) in [5.41, 5.74) is 9.19. The number of nitrogens with two attached hydrogens (primary N) is 1. The maximum atomic E-state index is 12.8. The van der Waals surface area contributed by atoms with E-state index in [-0.39, 0.29) is 18.0 Å². The average Bonchev–Trinajstić information content (AvgIpc) is 3.50. The summed E-state index contributed by atoms with van der Waals surface area (Å²) in [4.78, 5) is 23.5. The van der Waals surface area contributed by atoms with Gasteiger partial charge in [-0.15, -0.1) is 0 Å². The van der Waals surface area contributed by atoms with Crippen molar-refractivity contribution in [2.45, 2.75) is 45.3 Å². The highest BCUT2D eigenvalue weighted by atomic mass is 16.6. The number of pyridine rings is 1. The van der Waals surface area contributed by atoms with E-state index in [1.54, 1.807) is 17.3 Å². The van der Waals surface area contributed by atoms with Crippen molar-refractivity contribution in [1.29, 1.82) is 0 Å². The van der Waals surface area contributed by atoms with Gasteiger partial charge in [0, 0.05) is 18.4 Å². The molecule has 0 bridgehead atoms. The summed E-state index contributed by atoms with van der Waals surface area (Å²) >= 11 is 0. The number of nitrogen functional groups attached to an aromatic ring is 1. The number of imidazole rings is 1. The lowest BCUT2D eigenvalue weighted by Gasteiger charge is -2.29. The van der Waals surface area contributed by atoms with Crippen LogP contribution >= 0.6 is 0 Å². The molecule has 1 aliphatic heterocycles. The van der Waals surface area contributed by atoms with Crippen LogP contribution in [-0.4, -0.2) is 48.0 Å². The molecular formula is C23H25N7O3. The largest absolute Gasteiger partial charge is 0.444 e. The Morgan fingerprint density at radius 1 is 1.24 bits per heavy atom. The summed E-state index contributed by atoms with van der Waals surface area (Å²) in [6.45, 7) is 6.29. The van der Waals surface area contributed by atoms with E-state index >= 15 is 0 Å². The van der Waals surface area contributed by atoms with Gasteiger partial charge < -0.3 is 15.4 Å². The summed E-state index contributed by atoms with van der Waals surface area (Å²) in [7, 11) is 0. The predicted octanol–water partition coefficient (Wildman–Crippen LogP) is 4.12. The van der Waals surface area contributed by atoms with Gasteiger partial charge in [-0.3, -0.25) is 9.55 Å². The highest BCUT2D eigenvalue weighted by molar-refractivity contribution is 5.83. The van der Waals surface area contributed by atoms with Gasteiger partial charge in [-0.2, -0.15) is 0 Å². The molecule has 170 valence electrons. The summed E-state index contributed by atoms with van der Waals surface area (Å²) in [5, 5.41) is 7.65. The molecule has 1 saturated heterocycles. The van der Waals surface area contributed by atoms with Crippen molar-refractivity contribution in [3.8, 4) is 17.2 Å². The van der Waals surface area contributed by atoms with Crippen LogP contribution in [0, 0.1) is 0 Å². The Morgan fingerprint density at radius 2 is 2.09 bits per heavy atom. The lowest BCUT2D eigenvalue weighted by atomic mass is 10.0. The quantitative estimate of drug-likeness (QED) is 0.497. The maximum absolute atomic E-state index is 12.8. The van der Waals surface area contributed by atoms with Gasteiger partial charge in [0.1, 0.15) is 11.1 Å². The normalized spacial score (nSPS) is 16.5. The third kappa shape index (κ3) is 3.88. The summed E-state index contributed by atoms with van der Waals surface area (Å²) < 4.78 is 12.4. The minimum Gasteiger partial charge on any atom is -0.444 e. The van der Waals surface area contributed by atoms with Crippen LogP contribution in [0.1, 0.15) is 45.2 Å². The molecule has 1 atom stereocenters. The van der Waals surface area contributed by atoms with Gasteiger partial charge >= 0.3 is 6.09 Å². The number of carbonyl (C=O) groups is 1. The minimum absolute atomic E-state index is 0.0708. The first-order valence-electron chi connectivity index (χ1n) is 10.8. The molecule has 2 N–H and O–H groups in total. The number of nitrogens with zero attached hydrogens (tertiary/aromatic N) is 6. The molecule has 4 heterocycles. The number of ether oxygens (including phenoxy) is 1. The number of amides is 1. The molecule has 0 radical (unpaired) electrons. The summed E-state index contributed by atoms with van der Waals surface area (Å²) in [5.74, 6) is 0.659. The number of rotatable bonds is 3. The number of likely N-dealkylation sites (tertiary alicyclic amines) is 1. The first-order chi connectivity index (χ1) is 15.8. The van der Waals surface area contributed by atoms with Crippen LogP contribution in [0.2, 0.25) is 0 Å². The van der Waals surface area contributed by atoms with Gasteiger partial charge in [-0.05, 0) is 67.7 Å². The van der Waals surface area contributed by atoms with Crippen LogP contribution < -0.4 is 5.73 Å². The van der Waals surface area contributed by atoms with Crippen LogP contribution in [0.25, 0.3) is 28.2 Å². The Kier molecular flexibility index (Phi) is 4.99. The van der Waals surface area contributed by atoms with E-state index in [2.05, 4.69) is 26.3 Å². The molecule has 0 saturated carbocycles. The number of hydrogen-bond donors (Lipinski definition) is 1. The number of anilines is 1. The van der Waals surface area contributed by atoms with Crippen molar-refractivity contribution in [2.75, 3.05) is 12.3 Å². The standard InChI is InChI=1S/C23H25N7O3/c1-23(2,3)32-22(31)29-11-5-8-17(29)14-6-4-7-15(12-14)30-18-9-10-25-13-16(18)26-21(30)19-20(24)28-33-27-19/h4,6-7,9-10,12-13,17H,5,8,11H2,1-3H3,(H2,24,28). The Hall–Kier alpha value is -3.95. The Labute approximate surface area is 190 Å². The fourth-order valence-corrected chi connectivity index (χ4v) is 4.23. The third-order valence-electron chi connectivity index (χ3n) is 5.58. The topological polar surface area (TPSA) is 125 Å². The fraction of sp³-hybridized carbons (Fsp3) is 0.348. The zero-order chi connectivity index (χ0) is 23.2. The van der Waals surface area contributed by atoms with Crippen molar-refractivity contribution in [1.82, 2.24) is 29.7 Å². The number of aromatic nitrogens is 5. The van der Waals surface area contributed by atoms with Crippen LogP contribution in [0.3, 0.4) is 0 Å². The van der Waals surface area contributed by atoms with E-state index in [1.807, 2.05) is 49.6 Å². The second-order valence-electron chi connectivity index (χ2n) is 9.06. The van der Waals surface area contributed by atoms with E-state index in [1.165, 1.54) is 0 Å². The average molecular weight is 447 g/mol. The zero-order valence-electron chi connectivity index (χ0n) is 18.7. The van der Waals surface area contributed by atoms with Gasteiger partial charge in [-0.1, -0.05) is 12.1 Å². The van der Waals surface area contributed by atoms with E-state index < -0.39 is 5.60 Å². The molecular weight excluding hydrogens is 422 g/mol. The van der Waals surface area contributed by atoms with Crippen molar-refractivity contribution >= 4 is 22.9 Å². The Balaban J connectivity index is 1.58. The molecule has 0 spiro atoms. The highest BCUT2D eigenvalue weighted by Gasteiger charge is 2.33. The van der Waals surface area contributed by atoms with Gasteiger partial charge in [0.05, 0.1) is 17.8 Å². The zero-order valence-corrected chi connectivity index (χ0v) is 18.7. The molecule has 5 rings (SSSR count). The summed E-state index contributed by atoms with van der Waals surface area (Å²) in [6, 6.07) is 9.84. The number of hydrogen-bond acceptors (Lipinski definition) is 8. The third-order valence-corrected chi connectivity index (χ3v) is 5.58. The van der Waals surface area contributed by atoms with Crippen molar-refractivity contribution in [3.63, 3.8) is 0 Å². The molecule has 10 nitrogen and oxygen atoms in total. The first kappa shape index (κ1) is 20.9. The molecule has 1 aromatic carbocycles. The number of carbonyl (C=O) groups excluding carboxylic acids is 1. The van der Waals surface area contributed by atoms with Crippen LogP contribution in [0.15, 0.2) is 47.4 Å².